The molecular formula is C19H20ClN3O2. The van der Waals surface area contributed by atoms with Crippen LogP contribution in [0, 0.1) is 0 Å². The maximum atomic E-state index is 12.2. The summed E-state index contributed by atoms with van der Waals surface area (Å²) in [6, 6.07) is 12.3. The number of hydrogen-bond acceptors (Lipinski definition) is 3. The minimum absolute atomic E-state index is 0.148. The Morgan fingerprint density at radius 1 is 1.08 bits per heavy atom. The van der Waals surface area contributed by atoms with Crippen LogP contribution in [0.5, 0.6) is 0 Å². The van der Waals surface area contributed by atoms with Gasteiger partial charge in [-0.25, -0.2) is 0 Å². The summed E-state index contributed by atoms with van der Waals surface area (Å²) < 4.78 is 0. The van der Waals surface area contributed by atoms with E-state index < -0.39 is 0 Å². The number of amides is 2. The van der Waals surface area contributed by atoms with Gasteiger partial charge in [0, 0.05) is 32.8 Å². The van der Waals surface area contributed by atoms with Crippen molar-refractivity contribution in [1.82, 2.24) is 5.32 Å². The van der Waals surface area contributed by atoms with Crippen LogP contribution < -0.4 is 15.5 Å². The number of carbonyl (C=O) groups is 2. The van der Waals surface area contributed by atoms with Gasteiger partial charge < -0.3 is 15.5 Å². The first-order valence-corrected chi connectivity index (χ1v) is 8.07. The average molecular weight is 358 g/mol. The number of halogens is 1. The summed E-state index contributed by atoms with van der Waals surface area (Å²) >= 11 is 6.19. The van der Waals surface area contributed by atoms with Crippen LogP contribution in [0.25, 0.3) is 6.08 Å². The second kappa shape index (κ2) is 8.35. The highest BCUT2D eigenvalue weighted by molar-refractivity contribution is 6.34. The van der Waals surface area contributed by atoms with E-state index in [1.165, 1.54) is 6.08 Å². The highest BCUT2D eigenvalue weighted by Crippen LogP contribution is 2.32. The molecule has 0 atom stereocenters. The van der Waals surface area contributed by atoms with Crippen LogP contribution >= 0.6 is 11.6 Å². The zero-order valence-electron chi connectivity index (χ0n) is 14.3. The van der Waals surface area contributed by atoms with Crippen LogP contribution in [0.3, 0.4) is 0 Å². The molecule has 0 aliphatic rings. The van der Waals surface area contributed by atoms with E-state index in [-0.39, 0.29) is 11.8 Å². The number of benzene rings is 2. The summed E-state index contributed by atoms with van der Waals surface area (Å²) in [5.41, 5.74) is 2.78. The second-order valence-electron chi connectivity index (χ2n) is 5.55. The molecule has 2 N–H and O–H groups in total. The quantitative estimate of drug-likeness (QED) is 0.806. The maximum absolute atomic E-state index is 12.2. The number of anilines is 2. The lowest BCUT2D eigenvalue weighted by Crippen LogP contribution is -2.17. The molecule has 0 saturated heterocycles. The molecular weight excluding hydrogens is 338 g/mol. The Hall–Kier alpha value is -2.79. The van der Waals surface area contributed by atoms with Gasteiger partial charge in [0.05, 0.1) is 16.4 Å². The van der Waals surface area contributed by atoms with Crippen LogP contribution in [0.15, 0.2) is 48.5 Å². The molecule has 0 aliphatic carbocycles. The van der Waals surface area contributed by atoms with Gasteiger partial charge in [-0.05, 0) is 35.9 Å². The Kier molecular flexibility index (Phi) is 6.19. The van der Waals surface area contributed by atoms with Gasteiger partial charge in [-0.2, -0.15) is 0 Å². The number of rotatable bonds is 5. The predicted octanol–water partition coefficient (Wildman–Crippen LogP) is 3.42. The van der Waals surface area contributed by atoms with Crippen molar-refractivity contribution >= 4 is 40.9 Å². The predicted molar refractivity (Wildman–Crippen MR) is 103 cm³/mol. The average Bonchev–Trinajstić information content (AvgIpc) is 2.59. The molecule has 0 aromatic heterocycles. The molecule has 2 aromatic rings. The molecule has 0 heterocycles. The summed E-state index contributed by atoms with van der Waals surface area (Å²) in [5.74, 6) is -0.411. The third-order valence-corrected chi connectivity index (χ3v) is 3.82. The summed E-state index contributed by atoms with van der Waals surface area (Å²) in [6.45, 7) is 0. The van der Waals surface area contributed by atoms with E-state index in [0.29, 0.717) is 16.3 Å². The fraction of sp³-hybridized carbons (Fsp3) is 0.158. The molecule has 0 spiro atoms. The first-order chi connectivity index (χ1) is 11.9. The van der Waals surface area contributed by atoms with Crippen molar-refractivity contribution in [2.75, 3.05) is 31.4 Å². The smallest absolute Gasteiger partial charge is 0.251 e. The van der Waals surface area contributed by atoms with Gasteiger partial charge in [0.25, 0.3) is 5.91 Å². The molecule has 0 unspecified atom stereocenters. The van der Waals surface area contributed by atoms with Gasteiger partial charge in [0.2, 0.25) is 5.91 Å². The van der Waals surface area contributed by atoms with Gasteiger partial charge in [0.15, 0.2) is 0 Å². The minimum Gasteiger partial charge on any atom is -0.375 e. The Bertz CT molecular complexity index is 799. The Labute approximate surface area is 152 Å². The normalized spacial score (nSPS) is 10.6. The van der Waals surface area contributed by atoms with E-state index >= 15 is 0 Å². The molecule has 2 amide bonds. The van der Waals surface area contributed by atoms with Crippen molar-refractivity contribution in [3.63, 3.8) is 0 Å². The zero-order chi connectivity index (χ0) is 18.4. The molecule has 0 fully saturated rings. The Morgan fingerprint density at radius 2 is 1.76 bits per heavy atom. The molecule has 0 radical (unpaired) electrons. The molecule has 0 aliphatic heterocycles. The summed E-state index contributed by atoms with van der Waals surface area (Å²) in [5, 5.41) is 5.95. The van der Waals surface area contributed by atoms with Crippen LogP contribution in [0.2, 0.25) is 5.02 Å². The maximum Gasteiger partial charge on any atom is 0.251 e. The van der Waals surface area contributed by atoms with Crippen molar-refractivity contribution in [3.05, 3.63) is 64.7 Å². The first-order valence-electron chi connectivity index (χ1n) is 7.69. The molecule has 0 bridgehead atoms. The van der Waals surface area contributed by atoms with E-state index in [1.54, 1.807) is 55.6 Å². The van der Waals surface area contributed by atoms with Crippen molar-refractivity contribution in [3.8, 4) is 0 Å². The van der Waals surface area contributed by atoms with Gasteiger partial charge in [-0.1, -0.05) is 29.8 Å². The Morgan fingerprint density at radius 3 is 2.36 bits per heavy atom. The number of para-hydroxylation sites is 1. The van der Waals surface area contributed by atoms with Crippen molar-refractivity contribution < 1.29 is 9.59 Å². The SMILES string of the molecule is CNC(=O)c1ccc(C=CC(=O)Nc2cccc(Cl)c2N(C)C)cc1. The molecule has 2 rings (SSSR count). The lowest BCUT2D eigenvalue weighted by atomic mass is 10.1. The second-order valence-corrected chi connectivity index (χ2v) is 5.96. The lowest BCUT2D eigenvalue weighted by molar-refractivity contribution is -0.111. The summed E-state index contributed by atoms with van der Waals surface area (Å²) in [7, 11) is 5.31. The highest BCUT2D eigenvalue weighted by atomic mass is 35.5. The molecule has 25 heavy (non-hydrogen) atoms. The monoisotopic (exact) mass is 357 g/mol. The Balaban J connectivity index is 2.09. The van der Waals surface area contributed by atoms with E-state index in [4.69, 9.17) is 11.6 Å². The standard InChI is InChI=1S/C19H20ClN3O2/c1-21-19(25)14-10-7-13(8-11-14)9-12-17(24)22-16-6-4-5-15(20)18(16)23(2)3/h4-12H,1-3H3,(H,21,25)(H,22,24). The van der Waals surface area contributed by atoms with Crippen molar-refractivity contribution in [2.24, 2.45) is 0 Å². The van der Waals surface area contributed by atoms with E-state index in [0.717, 1.165) is 11.3 Å². The zero-order valence-corrected chi connectivity index (χ0v) is 15.1. The molecule has 130 valence electrons. The largest absolute Gasteiger partial charge is 0.375 e. The van der Waals surface area contributed by atoms with Crippen LogP contribution in [-0.4, -0.2) is 33.0 Å². The molecule has 0 saturated carbocycles. The van der Waals surface area contributed by atoms with Gasteiger partial charge in [0.1, 0.15) is 0 Å². The van der Waals surface area contributed by atoms with Crippen LogP contribution in [-0.2, 0) is 4.79 Å². The van der Waals surface area contributed by atoms with Crippen LogP contribution in [0.1, 0.15) is 15.9 Å². The van der Waals surface area contributed by atoms with Gasteiger partial charge in [-0.3, -0.25) is 9.59 Å². The molecule has 5 nitrogen and oxygen atoms in total. The first kappa shape index (κ1) is 18.5. The summed E-state index contributed by atoms with van der Waals surface area (Å²) in [6.07, 6.45) is 3.12. The van der Waals surface area contributed by atoms with Gasteiger partial charge >= 0.3 is 0 Å². The fourth-order valence-corrected chi connectivity index (χ4v) is 2.65. The van der Waals surface area contributed by atoms with E-state index in [1.807, 2.05) is 19.0 Å². The highest BCUT2D eigenvalue weighted by Gasteiger charge is 2.10. The third kappa shape index (κ3) is 4.84. The summed E-state index contributed by atoms with van der Waals surface area (Å²) in [4.78, 5) is 25.5. The number of hydrogen-bond donors (Lipinski definition) is 2. The minimum atomic E-state index is -0.263. The van der Waals surface area contributed by atoms with Gasteiger partial charge in [-0.15, -0.1) is 0 Å². The topological polar surface area (TPSA) is 61.4 Å². The van der Waals surface area contributed by atoms with E-state index in [9.17, 15) is 9.59 Å². The number of nitrogens with zero attached hydrogens (tertiary/aromatic N) is 1. The third-order valence-electron chi connectivity index (χ3n) is 3.52. The van der Waals surface area contributed by atoms with Crippen molar-refractivity contribution in [2.45, 2.75) is 0 Å². The molecule has 6 heteroatoms. The fourth-order valence-electron chi connectivity index (χ4n) is 2.31. The van der Waals surface area contributed by atoms with E-state index in [2.05, 4.69) is 10.6 Å². The number of carbonyl (C=O) groups excluding carboxylic acids is 2. The molecule has 2 aromatic carbocycles. The van der Waals surface area contributed by atoms with Crippen molar-refractivity contribution in [1.29, 1.82) is 0 Å². The number of nitrogens with one attached hydrogen (secondary N) is 2. The van der Waals surface area contributed by atoms with Crippen LogP contribution in [0.4, 0.5) is 11.4 Å². The lowest BCUT2D eigenvalue weighted by Gasteiger charge is -2.18.